The van der Waals surface area contributed by atoms with Crippen molar-refractivity contribution in [3.63, 3.8) is 0 Å². The number of nitrogens with one attached hydrogen (secondary N) is 1. The first-order valence-corrected chi connectivity index (χ1v) is 6.51. The minimum atomic E-state index is 0.321. The lowest BCUT2D eigenvalue weighted by Gasteiger charge is -2.18. The van der Waals surface area contributed by atoms with Gasteiger partial charge in [-0.1, -0.05) is 0 Å². The Balaban J connectivity index is 2.03. The van der Waals surface area contributed by atoms with Crippen LogP contribution < -0.4 is 25.9 Å². The molecular weight excluding hydrogens is 270 g/mol. The van der Waals surface area contributed by atoms with Gasteiger partial charge in [-0.2, -0.15) is 0 Å². The highest BCUT2D eigenvalue weighted by Crippen LogP contribution is 2.32. The smallest absolute Gasteiger partial charge is 0.218 e. The molecule has 0 saturated carbocycles. The summed E-state index contributed by atoms with van der Waals surface area (Å²) in [6.07, 6.45) is 1.39. The Morgan fingerprint density at radius 1 is 1.24 bits per heavy atom. The van der Waals surface area contributed by atoms with Gasteiger partial charge in [-0.3, -0.25) is 5.41 Å². The van der Waals surface area contributed by atoms with Gasteiger partial charge in [-0.25, -0.2) is 9.97 Å². The minimum absolute atomic E-state index is 0.321. The molecule has 0 radical (unpaired) electrons. The molecule has 0 fully saturated rings. The van der Waals surface area contributed by atoms with Crippen LogP contribution in [0, 0.1) is 0 Å². The van der Waals surface area contributed by atoms with Crippen molar-refractivity contribution in [2.75, 3.05) is 31.3 Å². The lowest BCUT2D eigenvalue weighted by atomic mass is 10.0. The van der Waals surface area contributed by atoms with E-state index in [9.17, 15) is 0 Å². The Morgan fingerprint density at radius 3 is 2.76 bits per heavy atom. The number of nitrogen functional groups attached to an aromatic ring is 1. The molecule has 5 N–H and O–H groups in total. The SMILES string of the molecule is CNc1ncnc(N)c1C(=[NH2+])c1ccc2c(c1)OCCO2. The fourth-order valence-electron chi connectivity index (χ4n) is 2.21. The number of hydrogen-bond acceptors (Lipinski definition) is 6. The second kappa shape index (κ2) is 5.28. The number of ether oxygens (including phenoxy) is 2. The summed E-state index contributed by atoms with van der Waals surface area (Å²) in [4.78, 5) is 8.12. The summed E-state index contributed by atoms with van der Waals surface area (Å²) in [5.74, 6) is 2.28. The Kier molecular flexibility index (Phi) is 3.31. The third kappa shape index (κ3) is 2.33. The van der Waals surface area contributed by atoms with Crippen molar-refractivity contribution in [1.82, 2.24) is 9.97 Å². The maximum Gasteiger partial charge on any atom is 0.218 e. The Labute approximate surface area is 121 Å². The zero-order valence-corrected chi connectivity index (χ0v) is 11.6. The van der Waals surface area contributed by atoms with Gasteiger partial charge in [0.15, 0.2) is 11.5 Å². The molecule has 0 amide bonds. The van der Waals surface area contributed by atoms with Crippen molar-refractivity contribution in [2.24, 2.45) is 0 Å². The van der Waals surface area contributed by atoms with E-state index in [0.717, 1.165) is 5.56 Å². The molecule has 1 aliphatic rings. The first kappa shape index (κ1) is 13.2. The van der Waals surface area contributed by atoms with E-state index >= 15 is 0 Å². The molecule has 0 bridgehead atoms. The lowest BCUT2D eigenvalue weighted by molar-refractivity contribution is -0.111. The molecule has 1 aliphatic heterocycles. The summed E-state index contributed by atoms with van der Waals surface area (Å²) in [7, 11) is 1.75. The number of hydrogen-bond donors (Lipinski definition) is 3. The number of nitrogens with two attached hydrogens (primary N) is 2. The summed E-state index contributed by atoms with van der Waals surface area (Å²) >= 11 is 0. The van der Waals surface area contributed by atoms with Gasteiger partial charge in [-0.15, -0.1) is 0 Å². The fourth-order valence-corrected chi connectivity index (χ4v) is 2.21. The van der Waals surface area contributed by atoms with Crippen LogP contribution in [-0.4, -0.2) is 35.9 Å². The molecule has 0 spiro atoms. The van der Waals surface area contributed by atoms with Gasteiger partial charge in [0.1, 0.15) is 36.7 Å². The molecule has 1 aromatic heterocycles. The number of fused-ring (bicyclic) bond motifs is 1. The van der Waals surface area contributed by atoms with Crippen molar-refractivity contribution in [2.45, 2.75) is 0 Å². The van der Waals surface area contributed by atoms with Crippen LogP contribution in [0.2, 0.25) is 0 Å². The molecule has 1 aromatic carbocycles. The van der Waals surface area contributed by atoms with Gasteiger partial charge in [-0.05, 0) is 18.2 Å². The highest BCUT2D eigenvalue weighted by molar-refractivity contribution is 6.14. The highest BCUT2D eigenvalue weighted by atomic mass is 16.6. The quantitative estimate of drug-likeness (QED) is 0.655. The average Bonchev–Trinajstić information content (AvgIpc) is 2.53. The average molecular weight is 286 g/mol. The van der Waals surface area contributed by atoms with Crippen LogP contribution in [0.5, 0.6) is 11.5 Å². The normalized spacial score (nSPS) is 12.8. The molecule has 2 heterocycles. The first-order valence-electron chi connectivity index (χ1n) is 6.51. The largest absolute Gasteiger partial charge is 0.486 e. The molecule has 3 rings (SSSR count). The van der Waals surface area contributed by atoms with E-state index in [2.05, 4.69) is 15.3 Å². The minimum Gasteiger partial charge on any atom is -0.486 e. The van der Waals surface area contributed by atoms with Crippen molar-refractivity contribution in [3.8, 4) is 11.5 Å². The molecule has 7 heteroatoms. The van der Waals surface area contributed by atoms with Crippen LogP contribution in [0.15, 0.2) is 24.5 Å². The van der Waals surface area contributed by atoms with Crippen LogP contribution in [0.1, 0.15) is 11.1 Å². The van der Waals surface area contributed by atoms with Gasteiger partial charge < -0.3 is 20.5 Å². The Morgan fingerprint density at radius 2 is 2.00 bits per heavy atom. The van der Waals surface area contributed by atoms with E-state index in [4.69, 9.17) is 20.6 Å². The van der Waals surface area contributed by atoms with Gasteiger partial charge in [0.25, 0.3) is 0 Å². The zero-order chi connectivity index (χ0) is 14.8. The van der Waals surface area contributed by atoms with E-state index in [1.54, 1.807) is 7.05 Å². The standard InChI is InChI=1S/C14H15N5O2/c1-17-14-11(13(16)18-7-19-14)12(15)8-2-3-9-10(6-8)21-5-4-20-9/h2-3,6-7,15H,4-5H2,1H3,(H3,16,17,18,19)/p+1. The van der Waals surface area contributed by atoms with Crippen LogP contribution in [0.4, 0.5) is 11.6 Å². The zero-order valence-electron chi connectivity index (χ0n) is 11.6. The molecule has 0 atom stereocenters. The third-order valence-electron chi connectivity index (χ3n) is 3.24. The Hall–Kier alpha value is -2.83. The summed E-state index contributed by atoms with van der Waals surface area (Å²) in [5.41, 5.74) is 7.76. The van der Waals surface area contributed by atoms with Crippen molar-refractivity contribution in [3.05, 3.63) is 35.7 Å². The van der Waals surface area contributed by atoms with Crippen LogP contribution >= 0.6 is 0 Å². The van der Waals surface area contributed by atoms with E-state index in [0.29, 0.717) is 47.6 Å². The number of benzene rings is 1. The topological polar surface area (TPSA) is 108 Å². The maximum absolute atomic E-state index is 6.25. The second-order valence-electron chi connectivity index (χ2n) is 4.50. The predicted octanol–water partition coefficient (Wildman–Crippen LogP) is -0.532. The maximum atomic E-state index is 6.25. The second-order valence-corrected chi connectivity index (χ2v) is 4.50. The van der Waals surface area contributed by atoms with E-state index in [-0.39, 0.29) is 0 Å². The fraction of sp³-hybridized carbons (Fsp3) is 0.214. The van der Waals surface area contributed by atoms with Crippen LogP contribution in [0.3, 0.4) is 0 Å². The number of rotatable bonds is 3. The first-order chi connectivity index (χ1) is 10.2. The molecule has 0 unspecified atom stereocenters. The molecule has 0 aliphatic carbocycles. The Bertz CT molecular complexity index is 702. The monoisotopic (exact) mass is 286 g/mol. The van der Waals surface area contributed by atoms with E-state index in [1.807, 2.05) is 18.2 Å². The molecular formula is C14H16N5O2+. The van der Waals surface area contributed by atoms with Crippen LogP contribution in [-0.2, 0) is 0 Å². The summed E-state index contributed by atoms with van der Waals surface area (Å²) in [6, 6.07) is 5.51. The van der Waals surface area contributed by atoms with Gasteiger partial charge in [0.05, 0.1) is 5.56 Å². The van der Waals surface area contributed by atoms with Crippen molar-refractivity contribution >= 4 is 17.3 Å². The van der Waals surface area contributed by atoms with Crippen molar-refractivity contribution < 1.29 is 14.9 Å². The van der Waals surface area contributed by atoms with Gasteiger partial charge in [0.2, 0.25) is 5.71 Å². The molecule has 108 valence electrons. The summed E-state index contributed by atoms with van der Waals surface area (Å²) < 4.78 is 11.1. The van der Waals surface area contributed by atoms with Gasteiger partial charge in [0, 0.05) is 7.05 Å². The number of anilines is 2. The third-order valence-corrected chi connectivity index (χ3v) is 3.24. The lowest BCUT2D eigenvalue weighted by Crippen LogP contribution is -2.42. The molecule has 21 heavy (non-hydrogen) atoms. The predicted molar refractivity (Wildman–Crippen MR) is 78.6 cm³/mol. The molecule has 0 saturated heterocycles. The molecule has 7 nitrogen and oxygen atoms in total. The highest BCUT2D eigenvalue weighted by Gasteiger charge is 2.22. The van der Waals surface area contributed by atoms with Crippen LogP contribution in [0.25, 0.3) is 0 Å². The molecule has 2 aromatic rings. The van der Waals surface area contributed by atoms with E-state index < -0.39 is 0 Å². The van der Waals surface area contributed by atoms with Gasteiger partial charge >= 0.3 is 0 Å². The summed E-state index contributed by atoms with van der Waals surface area (Å²) in [5, 5.41) is 9.21. The van der Waals surface area contributed by atoms with Crippen molar-refractivity contribution in [1.29, 1.82) is 0 Å². The van der Waals surface area contributed by atoms with E-state index in [1.165, 1.54) is 6.33 Å². The summed E-state index contributed by atoms with van der Waals surface area (Å²) in [6.45, 7) is 1.07. The number of aromatic nitrogens is 2. The number of nitrogens with zero attached hydrogens (tertiary/aromatic N) is 2.